The molecular weight excluding hydrogens is 202 g/mol. The minimum absolute atomic E-state index is 0.485. The zero-order valence-electron chi connectivity index (χ0n) is 9.77. The molecule has 0 unspecified atom stereocenters. The maximum Gasteiger partial charge on any atom is 0.0949 e. The van der Waals surface area contributed by atoms with Crippen LogP contribution in [0.1, 0.15) is 37.8 Å². The molecule has 0 saturated heterocycles. The predicted octanol–water partition coefficient (Wildman–Crippen LogP) is 1.69. The van der Waals surface area contributed by atoms with Gasteiger partial charge in [-0.25, -0.2) is 4.98 Å². The van der Waals surface area contributed by atoms with E-state index in [0.29, 0.717) is 12.6 Å². The number of aromatic nitrogens is 2. The molecule has 0 atom stereocenters. The van der Waals surface area contributed by atoms with E-state index in [1.165, 1.54) is 32.1 Å². The second-order valence-electron chi connectivity index (χ2n) is 4.41. The minimum Gasteiger partial charge on any atom is -0.376 e. The van der Waals surface area contributed by atoms with E-state index >= 15 is 0 Å². The van der Waals surface area contributed by atoms with E-state index in [4.69, 9.17) is 10.5 Å². The molecular formula is C12H21N3O. The third-order valence-corrected chi connectivity index (χ3v) is 3.25. The van der Waals surface area contributed by atoms with Crippen molar-refractivity contribution in [1.29, 1.82) is 0 Å². The van der Waals surface area contributed by atoms with Gasteiger partial charge in [-0.15, -0.1) is 0 Å². The average Bonchev–Trinajstić information content (AvgIpc) is 2.78. The Morgan fingerprint density at radius 2 is 2.19 bits per heavy atom. The van der Waals surface area contributed by atoms with E-state index in [1.54, 1.807) is 0 Å². The first-order valence-electron chi connectivity index (χ1n) is 6.21. The molecule has 2 rings (SSSR count). The molecule has 1 fully saturated rings. The van der Waals surface area contributed by atoms with Gasteiger partial charge in [0.15, 0.2) is 0 Å². The summed E-state index contributed by atoms with van der Waals surface area (Å²) in [6.45, 7) is 2.18. The fraction of sp³-hybridized carbons (Fsp3) is 0.750. The molecule has 1 saturated carbocycles. The van der Waals surface area contributed by atoms with Crippen molar-refractivity contribution < 1.29 is 4.74 Å². The summed E-state index contributed by atoms with van der Waals surface area (Å²) in [7, 11) is 0. The van der Waals surface area contributed by atoms with Crippen LogP contribution in [0.5, 0.6) is 0 Å². The molecule has 0 bridgehead atoms. The number of nitrogens with zero attached hydrogens (tertiary/aromatic N) is 2. The number of hydrogen-bond donors (Lipinski definition) is 1. The van der Waals surface area contributed by atoms with Crippen molar-refractivity contribution in [2.45, 2.75) is 51.3 Å². The van der Waals surface area contributed by atoms with Gasteiger partial charge in [0.25, 0.3) is 0 Å². The number of rotatable bonds is 5. The third-order valence-electron chi connectivity index (χ3n) is 3.25. The van der Waals surface area contributed by atoms with Crippen molar-refractivity contribution in [1.82, 2.24) is 9.55 Å². The van der Waals surface area contributed by atoms with E-state index in [0.717, 1.165) is 18.8 Å². The molecule has 0 aromatic carbocycles. The van der Waals surface area contributed by atoms with Crippen LogP contribution in [0.15, 0.2) is 12.5 Å². The Morgan fingerprint density at radius 1 is 1.38 bits per heavy atom. The lowest BCUT2D eigenvalue weighted by Gasteiger charge is -2.22. The first-order chi connectivity index (χ1) is 7.90. The van der Waals surface area contributed by atoms with Gasteiger partial charge in [0.1, 0.15) is 0 Å². The number of ether oxygens (including phenoxy) is 1. The van der Waals surface area contributed by atoms with Gasteiger partial charge in [0.2, 0.25) is 0 Å². The molecule has 90 valence electrons. The lowest BCUT2D eigenvalue weighted by Crippen LogP contribution is -2.19. The molecule has 1 aliphatic carbocycles. The van der Waals surface area contributed by atoms with Gasteiger partial charge in [-0.1, -0.05) is 19.3 Å². The highest BCUT2D eigenvalue weighted by Crippen LogP contribution is 2.20. The van der Waals surface area contributed by atoms with Crippen LogP contribution in [-0.4, -0.2) is 22.3 Å². The van der Waals surface area contributed by atoms with Crippen LogP contribution in [0.3, 0.4) is 0 Å². The van der Waals surface area contributed by atoms with Crippen LogP contribution >= 0.6 is 0 Å². The van der Waals surface area contributed by atoms with E-state index in [-0.39, 0.29) is 0 Å². The molecule has 2 N–H and O–H groups in total. The van der Waals surface area contributed by atoms with Crippen molar-refractivity contribution in [3.8, 4) is 0 Å². The molecule has 1 aliphatic rings. The Labute approximate surface area is 96.8 Å². The highest BCUT2D eigenvalue weighted by molar-refractivity contribution is 4.96. The van der Waals surface area contributed by atoms with Crippen LogP contribution in [0.25, 0.3) is 0 Å². The summed E-state index contributed by atoms with van der Waals surface area (Å²) >= 11 is 0. The average molecular weight is 223 g/mol. The number of nitrogens with two attached hydrogens (primary N) is 1. The van der Waals surface area contributed by atoms with Gasteiger partial charge < -0.3 is 15.0 Å². The van der Waals surface area contributed by atoms with Crippen LogP contribution in [0, 0.1) is 0 Å². The summed E-state index contributed by atoms with van der Waals surface area (Å²) in [6, 6.07) is 0. The first kappa shape index (κ1) is 11.6. The molecule has 1 aromatic heterocycles. The Bertz CT molecular complexity index is 305. The molecule has 4 heteroatoms. The summed E-state index contributed by atoms with van der Waals surface area (Å²) in [6.07, 6.45) is 10.6. The van der Waals surface area contributed by atoms with Crippen molar-refractivity contribution in [3.63, 3.8) is 0 Å². The summed E-state index contributed by atoms with van der Waals surface area (Å²) in [5.74, 6) is 0. The van der Waals surface area contributed by atoms with E-state index < -0.39 is 0 Å². The lowest BCUT2D eigenvalue weighted by atomic mass is 9.98. The topological polar surface area (TPSA) is 53.1 Å². The predicted molar refractivity (Wildman–Crippen MR) is 62.9 cm³/mol. The Morgan fingerprint density at radius 3 is 2.94 bits per heavy atom. The highest BCUT2D eigenvalue weighted by atomic mass is 16.5. The largest absolute Gasteiger partial charge is 0.376 e. The zero-order valence-corrected chi connectivity index (χ0v) is 9.77. The number of hydrogen-bond acceptors (Lipinski definition) is 3. The first-order valence-corrected chi connectivity index (χ1v) is 6.21. The van der Waals surface area contributed by atoms with Gasteiger partial charge >= 0.3 is 0 Å². The van der Waals surface area contributed by atoms with Crippen molar-refractivity contribution in [2.75, 3.05) is 6.61 Å². The maximum absolute atomic E-state index is 5.87. The quantitative estimate of drug-likeness (QED) is 0.826. The van der Waals surface area contributed by atoms with Crippen molar-refractivity contribution in [2.24, 2.45) is 5.73 Å². The standard InChI is InChI=1S/C12H21N3O/c13-8-11-9-14-10-15(11)6-7-16-12-4-2-1-3-5-12/h9-10,12H,1-8,13H2. The van der Waals surface area contributed by atoms with E-state index in [2.05, 4.69) is 9.55 Å². The molecule has 16 heavy (non-hydrogen) atoms. The molecule has 0 radical (unpaired) electrons. The van der Waals surface area contributed by atoms with Gasteiger partial charge in [-0.2, -0.15) is 0 Å². The number of imidazole rings is 1. The Kier molecular flexibility index (Phi) is 4.36. The second kappa shape index (κ2) is 6.01. The summed E-state index contributed by atoms with van der Waals surface area (Å²) in [4.78, 5) is 4.09. The highest BCUT2D eigenvalue weighted by Gasteiger charge is 2.13. The monoisotopic (exact) mass is 223 g/mol. The normalized spacial score (nSPS) is 17.8. The summed E-state index contributed by atoms with van der Waals surface area (Å²) < 4.78 is 7.94. The van der Waals surface area contributed by atoms with Gasteiger partial charge in [0.05, 0.1) is 24.7 Å². The molecule has 0 spiro atoms. The second-order valence-corrected chi connectivity index (χ2v) is 4.41. The van der Waals surface area contributed by atoms with Gasteiger partial charge in [-0.3, -0.25) is 0 Å². The summed E-state index contributed by atoms with van der Waals surface area (Å²) in [5, 5.41) is 0. The molecule has 0 aliphatic heterocycles. The third kappa shape index (κ3) is 3.06. The fourth-order valence-electron chi connectivity index (χ4n) is 2.27. The van der Waals surface area contributed by atoms with E-state index in [1.807, 2.05) is 12.5 Å². The maximum atomic E-state index is 5.87. The molecule has 1 aromatic rings. The molecule has 0 amide bonds. The SMILES string of the molecule is NCc1cncn1CCOC1CCCCC1. The Hall–Kier alpha value is -0.870. The molecule has 1 heterocycles. The Balaban J connectivity index is 1.71. The van der Waals surface area contributed by atoms with Crippen LogP contribution in [-0.2, 0) is 17.8 Å². The van der Waals surface area contributed by atoms with Crippen molar-refractivity contribution in [3.05, 3.63) is 18.2 Å². The van der Waals surface area contributed by atoms with Crippen LogP contribution in [0.4, 0.5) is 0 Å². The minimum atomic E-state index is 0.485. The van der Waals surface area contributed by atoms with Crippen LogP contribution < -0.4 is 5.73 Å². The molecule has 4 nitrogen and oxygen atoms in total. The lowest BCUT2D eigenvalue weighted by molar-refractivity contribution is 0.0238. The van der Waals surface area contributed by atoms with E-state index in [9.17, 15) is 0 Å². The fourth-order valence-corrected chi connectivity index (χ4v) is 2.27. The summed E-state index contributed by atoms with van der Waals surface area (Å²) in [5.41, 5.74) is 6.68. The van der Waals surface area contributed by atoms with Gasteiger partial charge in [-0.05, 0) is 12.8 Å². The van der Waals surface area contributed by atoms with Crippen LogP contribution in [0.2, 0.25) is 0 Å². The van der Waals surface area contributed by atoms with Gasteiger partial charge in [0, 0.05) is 19.3 Å². The zero-order chi connectivity index (χ0) is 11.2. The smallest absolute Gasteiger partial charge is 0.0949 e. The van der Waals surface area contributed by atoms with Crippen molar-refractivity contribution >= 4 is 0 Å².